The topological polar surface area (TPSA) is 65.5 Å². The van der Waals surface area contributed by atoms with E-state index in [1.54, 1.807) is 12.1 Å². The first kappa shape index (κ1) is 17.5. The summed E-state index contributed by atoms with van der Waals surface area (Å²) in [6.07, 6.45) is -0.494. The molecule has 0 amide bonds. The first-order chi connectivity index (χ1) is 13.0. The van der Waals surface area contributed by atoms with Gasteiger partial charge in [-0.3, -0.25) is 0 Å². The van der Waals surface area contributed by atoms with E-state index in [9.17, 15) is 9.59 Å². The van der Waals surface area contributed by atoms with Crippen LogP contribution in [-0.4, -0.2) is 29.6 Å². The smallest absolute Gasteiger partial charge is 0.347 e. The molecule has 1 aliphatic heterocycles. The van der Waals surface area contributed by atoms with Crippen molar-refractivity contribution in [3.8, 4) is 11.3 Å². The Morgan fingerprint density at radius 1 is 1.22 bits per heavy atom. The highest BCUT2D eigenvalue weighted by atomic mass is 35.5. The van der Waals surface area contributed by atoms with Crippen molar-refractivity contribution in [2.24, 2.45) is 0 Å². The van der Waals surface area contributed by atoms with E-state index in [4.69, 9.17) is 26.1 Å². The number of carbonyl (C=O) groups excluding carboxylic acids is 2. The summed E-state index contributed by atoms with van der Waals surface area (Å²) in [5, 5.41) is 1.26. The van der Waals surface area contributed by atoms with Gasteiger partial charge in [-0.15, -0.1) is 0 Å². The van der Waals surface area contributed by atoms with Crippen LogP contribution in [0.2, 0.25) is 5.02 Å². The summed E-state index contributed by atoms with van der Waals surface area (Å²) in [7, 11) is 0. The number of pyridine rings is 1. The van der Waals surface area contributed by atoms with Gasteiger partial charge in [0, 0.05) is 22.4 Å². The SMILES string of the molecule is Cc1c(-c2cccc(Cl)c2)nc2ccccc2c1C(=O)OC1CCOC1=O. The molecule has 5 nitrogen and oxygen atoms in total. The maximum Gasteiger partial charge on any atom is 0.347 e. The molecule has 0 spiro atoms. The maximum atomic E-state index is 12.9. The standard InChI is InChI=1S/C21H16ClNO4/c1-12-18(21(25)27-17-9-10-26-20(17)24)15-7-2-3-8-16(15)23-19(12)13-5-4-6-14(22)11-13/h2-8,11,17H,9-10H2,1H3. The minimum absolute atomic E-state index is 0.265. The summed E-state index contributed by atoms with van der Waals surface area (Å²) >= 11 is 6.13. The normalized spacial score (nSPS) is 16.4. The predicted molar refractivity (Wildman–Crippen MR) is 102 cm³/mol. The first-order valence-corrected chi connectivity index (χ1v) is 8.95. The van der Waals surface area contributed by atoms with Gasteiger partial charge in [-0.2, -0.15) is 0 Å². The number of hydrogen-bond acceptors (Lipinski definition) is 5. The molecule has 2 aromatic carbocycles. The molecule has 2 heterocycles. The second-order valence-electron chi connectivity index (χ2n) is 6.34. The number of hydrogen-bond donors (Lipinski definition) is 0. The molecule has 1 saturated heterocycles. The van der Waals surface area contributed by atoms with Crippen LogP contribution in [0.15, 0.2) is 48.5 Å². The average molecular weight is 382 g/mol. The highest BCUT2D eigenvalue weighted by Crippen LogP contribution is 2.31. The fourth-order valence-electron chi connectivity index (χ4n) is 3.26. The minimum Gasteiger partial charge on any atom is -0.463 e. The number of nitrogens with zero attached hydrogens (tertiary/aromatic N) is 1. The minimum atomic E-state index is -0.863. The van der Waals surface area contributed by atoms with E-state index in [2.05, 4.69) is 0 Å². The number of aromatic nitrogens is 1. The molecule has 1 fully saturated rings. The average Bonchev–Trinajstić information content (AvgIpc) is 3.05. The van der Waals surface area contributed by atoms with Gasteiger partial charge in [-0.05, 0) is 30.7 Å². The zero-order chi connectivity index (χ0) is 19.0. The van der Waals surface area contributed by atoms with Gasteiger partial charge in [0.2, 0.25) is 6.10 Å². The zero-order valence-electron chi connectivity index (χ0n) is 14.6. The van der Waals surface area contributed by atoms with Crippen molar-refractivity contribution >= 4 is 34.4 Å². The van der Waals surface area contributed by atoms with E-state index in [0.717, 1.165) is 5.56 Å². The van der Waals surface area contributed by atoms with Crippen LogP contribution in [0.25, 0.3) is 22.2 Å². The molecule has 1 atom stereocenters. The number of esters is 2. The predicted octanol–water partition coefficient (Wildman–Crippen LogP) is 4.34. The van der Waals surface area contributed by atoms with Crippen LogP contribution in [0.1, 0.15) is 22.3 Å². The highest BCUT2D eigenvalue weighted by Gasteiger charge is 2.32. The molecular weight excluding hydrogens is 366 g/mol. The van der Waals surface area contributed by atoms with Crippen LogP contribution < -0.4 is 0 Å². The van der Waals surface area contributed by atoms with Gasteiger partial charge in [0.15, 0.2) is 0 Å². The number of benzene rings is 2. The van der Waals surface area contributed by atoms with Gasteiger partial charge in [0.1, 0.15) is 0 Å². The van der Waals surface area contributed by atoms with Crippen molar-refractivity contribution in [2.75, 3.05) is 6.61 Å². The lowest BCUT2D eigenvalue weighted by molar-refractivity contribution is -0.145. The zero-order valence-corrected chi connectivity index (χ0v) is 15.3. The second-order valence-corrected chi connectivity index (χ2v) is 6.77. The summed E-state index contributed by atoms with van der Waals surface area (Å²) in [5.74, 6) is -1.06. The first-order valence-electron chi connectivity index (χ1n) is 8.57. The summed E-state index contributed by atoms with van der Waals surface area (Å²) in [5.41, 5.74) is 3.19. The molecule has 0 aliphatic carbocycles. The molecule has 0 radical (unpaired) electrons. The summed E-state index contributed by atoms with van der Waals surface area (Å²) in [6.45, 7) is 2.08. The lowest BCUT2D eigenvalue weighted by Crippen LogP contribution is -2.23. The number of halogens is 1. The fourth-order valence-corrected chi connectivity index (χ4v) is 3.45. The van der Waals surface area contributed by atoms with Crippen LogP contribution in [-0.2, 0) is 14.3 Å². The van der Waals surface area contributed by atoms with Gasteiger partial charge in [0.05, 0.1) is 23.4 Å². The Hall–Kier alpha value is -2.92. The van der Waals surface area contributed by atoms with E-state index in [-0.39, 0.29) is 6.61 Å². The van der Waals surface area contributed by atoms with Crippen molar-refractivity contribution in [3.05, 3.63) is 64.7 Å². The molecule has 1 aromatic heterocycles. The molecule has 27 heavy (non-hydrogen) atoms. The molecule has 3 aromatic rings. The number of rotatable bonds is 3. The summed E-state index contributed by atoms with van der Waals surface area (Å²) < 4.78 is 10.3. The van der Waals surface area contributed by atoms with Crippen LogP contribution in [0.3, 0.4) is 0 Å². The third kappa shape index (κ3) is 3.26. The molecule has 6 heteroatoms. The number of fused-ring (bicyclic) bond motifs is 1. The van der Waals surface area contributed by atoms with Gasteiger partial charge in [0.25, 0.3) is 0 Å². The van der Waals surface area contributed by atoms with Gasteiger partial charge in [-0.25, -0.2) is 14.6 Å². The summed E-state index contributed by atoms with van der Waals surface area (Å²) in [4.78, 5) is 29.4. The quantitative estimate of drug-likeness (QED) is 0.631. The van der Waals surface area contributed by atoms with E-state index in [1.807, 2.05) is 43.3 Å². The Bertz CT molecular complexity index is 1060. The van der Waals surface area contributed by atoms with E-state index in [0.29, 0.717) is 39.2 Å². The third-order valence-corrected chi connectivity index (χ3v) is 4.81. The number of carbonyl (C=O) groups is 2. The number of cyclic esters (lactones) is 1. The second kappa shape index (κ2) is 7.00. The molecule has 0 saturated carbocycles. The van der Waals surface area contributed by atoms with Gasteiger partial charge >= 0.3 is 11.9 Å². The summed E-state index contributed by atoms with van der Waals surface area (Å²) in [6, 6.07) is 14.7. The Morgan fingerprint density at radius 3 is 2.78 bits per heavy atom. The van der Waals surface area contributed by atoms with Gasteiger partial charge in [-0.1, -0.05) is 41.9 Å². The molecule has 0 bridgehead atoms. The Kier molecular flexibility index (Phi) is 4.54. The van der Waals surface area contributed by atoms with Crippen LogP contribution >= 0.6 is 11.6 Å². The molecule has 1 unspecified atom stereocenters. The fraction of sp³-hybridized carbons (Fsp3) is 0.190. The monoisotopic (exact) mass is 381 g/mol. The molecule has 4 rings (SSSR count). The highest BCUT2D eigenvalue weighted by molar-refractivity contribution is 6.30. The number of ether oxygens (including phenoxy) is 2. The van der Waals surface area contributed by atoms with Crippen LogP contribution in [0.4, 0.5) is 0 Å². The molecule has 0 N–H and O–H groups in total. The third-order valence-electron chi connectivity index (χ3n) is 4.57. The Morgan fingerprint density at radius 2 is 2.04 bits per heavy atom. The lowest BCUT2D eigenvalue weighted by Gasteiger charge is -2.15. The van der Waals surface area contributed by atoms with Crippen molar-refractivity contribution in [1.29, 1.82) is 0 Å². The van der Waals surface area contributed by atoms with E-state index in [1.165, 1.54) is 0 Å². The van der Waals surface area contributed by atoms with Crippen LogP contribution in [0.5, 0.6) is 0 Å². The maximum absolute atomic E-state index is 12.9. The number of para-hydroxylation sites is 1. The molecular formula is C21H16ClNO4. The van der Waals surface area contributed by atoms with Crippen molar-refractivity contribution in [2.45, 2.75) is 19.4 Å². The van der Waals surface area contributed by atoms with Crippen LogP contribution in [0, 0.1) is 6.92 Å². The largest absolute Gasteiger partial charge is 0.463 e. The lowest BCUT2D eigenvalue weighted by atomic mass is 9.97. The van der Waals surface area contributed by atoms with Gasteiger partial charge < -0.3 is 9.47 Å². The molecule has 1 aliphatic rings. The van der Waals surface area contributed by atoms with E-state index < -0.39 is 18.0 Å². The Balaban J connectivity index is 1.86. The Labute approximate surface area is 160 Å². The van der Waals surface area contributed by atoms with Crippen molar-refractivity contribution in [3.63, 3.8) is 0 Å². The van der Waals surface area contributed by atoms with Crippen molar-refractivity contribution < 1.29 is 19.1 Å². The van der Waals surface area contributed by atoms with Crippen molar-refractivity contribution in [1.82, 2.24) is 4.98 Å². The molecule has 136 valence electrons. The van der Waals surface area contributed by atoms with E-state index >= 15 is 0 Å².